The highest BCUT2D eigenvalue weighted by molar-refractivity contribution is 6.02. The lowest BCUT2D eigenvalue weighted by molar-refractivity contribution is -0.141. The summed E-state index contributed by atoms with van der Waals surface area (Å²) < 4.78 is 11.7. The summed E-state index contributed by atoms with van der Waals surface area (Å²) in [5, 5.41) is 6.30. The molecule has 3 fully saturated rings. The van der Waals surface area contributed by atoms with Crippen LogP contribution in [0, 0.1) is 23.7 Å². The van der Waals surface area contributed by atoms with E-state index in [9.17, 15) is 14.4 Å². The number of nitrogens with zero attached hydrogens (tertiary/aromatic N) is 1. The highest BCUT2D eigenvalue weighted by Crippen LogP contribution is 2.55. The molecule has 1 aliphatic carbocycles. The average Bonchev–Trinajstić information content (AvgIpc) is 3.55. The number of carbonyl (C=O) groups excluding carboxylic acids is 3. The molecule has 1 aromatic rings. The van der Waals surface area contributed by atoms with E-state index in [4.69, 9.17) is 9.47 Å². The molecule has 8 heteroatoms. The summed E-state index contributed by atoms with van der Waals surface area (Å²) in [5.41, 5.74) is 0.722. The molecule has 8 atom stereocenters. The van der Waals surface area contributed by atoms with Crippen molar-refractivity contribution in [2.24, 2.45) is 23.7 Å². The van der Waals surface area contributed by atoms with Gasteiger partial charge < -0.3 is 25.0 Å². The second-order valence-corrected chi connectivity index (χ2v) is 12.2. The van der Waals surface area contributed by atoms with Gasteiger partial charge in [0.2, 0.25) is 17.7 Å². The number of benzene rings is 1. The second kappa shape index (κ2) is 11.0. The molecule has 5 rings (SSSR count). The van der Waals surface area contributed by atoms with Gasteiger partial charge in [0, 0.05) is 32.0 Å². The third-order valence-corrected chi connectivity index (χ3v) is 9.55. The molecule has 1 saturated carbocycles. The van der Waals surface area contributed by atoms with E-state index in [0.29, 0.717) is 43.0 Å². The van der Waals surface area contributed by atoms with Gasteiger partial charge in [-0.05, 0) is 48.3 Å². The summed E-state index contributed by atoms with van der Waals surface area (Å²) in [5.74, 6) is -0.821. The summed E-state index contributed by atoms with van der Waals surface area (Å²) in [6, 6.07) is 7.03. The molecule has 0 radical (unpaired) electrons. The zero-order valence-corrected chi connectivity index (χ0v) is 23.8. The van der Waals surface area contributed by atoms with Crippen LogP contribution < -0.4 is 10.6 Å². The Morgan fingerprint density at radius 3 is 2.59 bits per heavy atom. The summed E-state index contributed by atoms with van der Waals surface area (Å²) in [4.78, 5) is 43.2. The van der Waals surface area contributed by atoms with Crippen LogP contribution in [0.2, 0.25) is 0 Å². The van der Waals surface area contributed by atoms with E-state index in [-0.39, 0.29) is 23.8 Å². The molecule has 1 spiro atoms. The fourth-order valence-corrected chi connectivity index (χ4v) is 7.11. The van der Waals surface area contributed by atoms with Crippen LogP contribution in [0.15, 0.2) is 36.4 Å². The van der Waals surface area contributed by atoms with Crippen molar-refractivity contribution in [2.45, 2.75) is 83.1 Å². The molecule has 212 valence electrons. The molecule has 0 unspecified atom stereocenters. The molecule has 8 nitrogen and oxygen atoms in total. The Hall–Kier alpha value is -2.71. The second-order valence-electron chi connectivity index (χ2n) is 12.2. The molecular weight excluding hydrogens is 494 g/mol. The lowest BCUT2D eigenvalue weighted by Crippen LogP contribution is -2.58. The number of likely N-dealkylation sites (tertiary alicyclic amines) is 1. The molecule has 1 aromatic carbocycles. The van der Waals surface area contributed by atoms with E-state index in [1.807, 2.05) is 36.4 Å². The summed E-state index contributed by atoms with van der Waals surface area (Å²) in [6.45, 7) is 9.51. The van der Waals surface area contributed by atoms with Crippen LogP contribution in [0.3, 0.4) is 0 Å². The molecule has 2 N–H and O–H groups in total. The minimum Gasteiger partial charge on any atom is -0.385 e. The van der Waals surface area contributed by atoms with Crippen molar-refractivity contribution in [3.8, 4) is 0 Å². The molecule has 3 heterocycles. The first kappa shape index (κ1) is 27.8. The van der Waals surface area contributed by atoms with E-state index >= 15 is 0 Å². The van der Waals surface area contributed by atoms with Crippen molar-refractivity contribution in [1.29, 1.82) is 0 Å². The van der Waals surface area contributed by atoms with Crippen LogP contribution in [0.1, 0.15) is 64.9 Å². The topological polar surface area (TPSA) is 97.0 Å². The van der Waals surface area contributed by atoms with Crippen molar-refractivity contribution < 1.29 is 23.9 Å². The lowest BCUT2D eigenvalue weighted by Gasteiger charge is -2.38. The van der Waals surface area contributed by atoms with Gasteiger partial charge in [-0.3, -0.25) is 14.4 Å². The van der Waals surface area contributed by atoms with Crippen LogP contribution in [0.5, 0.6) is 0 Å². The Labute approximate surface area is 231 Å². The number of amides is 3. The van der Waals surface area contributed by atoms with Crippen LogP contribution >= 0.6 is 0 Å². The average molecular weight is 538 g/mol. The van der Waals surface area contributed by atoms with Gasteiger partial charge in [-0.25, -0.2) is 0 Å². The Morgan fingerprint density at radius 2 is 1.90 bits per heavy atom. The maximum absolute atomic E-state index is 14.0. The van der Waals surface area contributed by atoms with Crippen LogP contribution in [0.4, 0.5) is 5.69 Å². The molecule has 2 bridgehead atoms. The molecule has 4 aliphatic rings. The Kier molecular flexibility index (Phi) is 7.89. The quantitative estimate of drug-likeness (QED) is 0.368. The standard InChI is InChI=1S/C31H43N3O5/c1-18(2)21-10-12-22(13-11-21)32-28(35)25-24-14-15-31(39-24)26(25)30(37)34(16-7-17-38-5)27(31)29(36)33-23-9-6-8-19(3)20(23)4/h10-15,18-20,23-27H,6-9,16-17H2,1-5H3,(H,32,35)(H,33,36)/t19-,20+,23-,24-,25-,26-,27+,31+/m1/s1. The fourth-order valence-electron chi connectivity index (χ4n) is 7.11. The maximum Gasteiger partial charge on any atom is 0.246 e. The van der Waals surface area contributed by atoms with E-state index in [1.54, 1.807) is 12.0 Å². The monoisotopic (exact) mass is 537 g/mol. The number of hydrogen-bond acceptors (Lipinski definition) is 5. The smallest absolute Gasteiger partial charge is 0.246 e. The molecule has 0 aromatic heterocycles. The van der Waals surface area contributed by atoms with Gasteiger partial charge in [0.15, 0.2) is 0 Å². The van der Waals surface area contributed by atoms with Crippen molar-refractivity contribution in [1.82, 2.24) is 10.2 Å². The number of rotatable bonds is 9. The van der Waals surface area contributed by atoms with Crippen LogP contribution in [0.25, 0.3) is 0 Å². The first-order valence-electron chi connectivity index (χ1n) is 14.6. The number of anilines is 1. The molecular formula is C31H43N3O5. The van der Waals surface area contributed by atoms with Crippen molar-refractivity contribution >= 4 is 23.4 Å². The largest absolute Gasteiger partial charge is 0.385 e. The first-order valence-corrected chi connectivity index (χ1v) is 14.6. The molecule has 3 aliphatic heterocycles. The predicted octanol–water partition coefficient (Wildman–Crippen LogP) is 3.88. The molecule has 3 amide bonds. The molecule has 2 saturated heterocycles. The van der Waals surface area contributed by atoms with Crippen molar-refractivity contribution in [2.75, 3.05) is 25.6 Å². The lowest BCUT2D eigenvalue weighted by atomic mass is 9.73. The van der Waals surface area contributed by atoms with Crippen molar-refractivity contribution in [3.05, 3.63) is 42.0 Å². The van der Waals surface area contributed by atoms with E-state index < -0.39 is 29.6 Å². The summed E-state index contributed by atoms with van der Waals surface area (Å²) >= 11 is 0. The SMILES string of the molecule is COCCCN1C(=O)[C@H]2[C@H](C(=O)Nc3ccc(C(C)C)cc3)[C@H]3C=C[C@@]2(O3)[C@@H]1C(=O)N[C@@H]1CCC[C@@H](C)[C@@H]1C. The van der Waals surface area contributed by atoms with E-state index in [1.165, 1.54) is 5.56 Å². The Bertz CT molecular complexity index is 1120. The van der Waals surface area contributed by atoms with Gasteiger partial charge in [-0.1, -0.05) is 64.8 Å². The zero-order valence-electron chi connectivity index (χ0n) is 23.8. The van der Waals surface area contributed by atoms with Gasteiger partial charge >= 0.3 is 0 Å². The maximum atomic E-state index is 14.0. The summed E-state index contributed by atoms with van der Waals surface area (Å²) in [6.07, 6.45) is 6.95. The minimum absolute atomic E-state index is 0.0584. The number of carbonyl (C=O) groups is 3. The highest BCUT2D eigenvalue weighted by Gasteiger charge is 2.72. The highest BCUT2D eigenvalue weighted by atomic mass is 16.5. The zero-order chi connectivity index (χ0) is 27.9. The van der Waals surface area contributed by atoms with Crippen LogP contribution in [-0.4, -0.2) is 66.7 Å². The van der Waals surface area contributed by atoms with E-state index in [0.717, 1.165) is 19.3 Å². The number of hydrogen-bond donors (Lipinski definition) is 2. The van der Waals surface area contributed by atoms with Gasteiger partial charge in [0.1, 0.15) is 11.6 Å². The number of nitrogens with one attached hydrogen (secondary N) is 2. The normalized spacial score (nSPS) is 35.0. The third-order valence-electron chi connectivity index (χ3n) is 9.55. The minimum atomic E-state index is -1.15. The Balaban J connectivity index is 1.40. The fraction of sp³-hybridized carbons (Fsp3) is 0.645. The van der Waals surface area contributed by atoms with E-state index in [2.05, 4.69) is 38.3 Å². The number of methoxy groups -OCH3 is 1. The van der Waals surface area contributed by atoms with Gasteiger partial charge in [-0.15, -0.1) is 0 Å². The third kappa shape index (κ3) is 4.91. The first-order chi connectivity index (χ1) is 18.7. The molecule has 39 heavy (non-hydrogen) atoms. The van der Waals surface area contributed by atoms with Gasteiger partial charge in [0.25, 0.3) is 0 Å². The van der Waals surface area contributed by atoms with Gasteiger partial charge in [-0.2, -0.15) is 0 Å². The van der Waals surface area contributed by atoms with Crippen LogP contribution in [-0.2, 0) is 23.9 Å². The van der Waals surface area contributed by atoms with Gasteiger partial charge in [0.05, 0.1) is 17.9 Å². The number of fused-ring (bicyclic) bond motifs is 1. The number of ether oxygens (including phenoxy) is 2. The van der Waals surface area contributed by atoms with Crippen molar-refractivity contribution in [3.63, 3.8) is 0 Å². The summed E-state index contributed by atoms with van der Waals surface area (Å²) in [7, 11) is 1.62. The Morgan fingerprint density at radius 1 is 1.15 bits per heavy atom. The predicted molar refractivity (Wildman–Crippen MR) is 149 cm³/mol.